The van der Waals surface area contributed by atoms with Crippen molar-refractivity contribution in [3.05, 3.63) is 29.8 Å². The van der Waals surface area contributed by atoms with E-state index in [1.54, 1.807) is 0 Å². The zero-order valence-electron chi connectivity index (χ0n) is 11.9. The third-order valence-electron chi connectivity index (χ3n) is 2.76. The maximum Gasteiger partial charge on any atom is 0.221 e. The van der Waals surface area contributed by atoms with E-state index < -0.39 is 5.60 Å². The lowest BCUT2D eigenvalue weighted by molar-refractivity contribution is -0.114. The standard InChI is InChI=1S/C15H23NO3/c1-12(18)16-14-8-6-13(7-9-14)5-4-10-19-15(2,3)11-17/h6-9,17H,4-5,10-11H2,1-3H3,(H,16,18). The van der Waals surface area contributed by atoms with Gasteiger partial charge in [-0.05, 0) is 44.4 Å². The summed E-state index contributed by atoms with van der Waals surface area (Å²) in [6, 6.07) is 7.80. The molecule has 1 amide bonds. The minimum absolute atomic E-state index is 0.0262. The molecule has 0 unspecified atom stereocenters. The van der Waals surface area contributed by atoms with Gasteiger partial charge in [0.25, 0.3) is 0 Å². The molecule has 1 aromatic rings. The van der Waals surface area contributed by atoms with E-state index in [4.69, 9.17) is 9.84 Å². The van der Waals surface area contributed by atoms with Crippen molar-refractivity contribution in [1.29, 1.82) is 0 Å². The van der Waals surface area contributed by atoms with Gasteiger partial charge in [0.1, 0.15) is 0 Å². The maximum atomic E-state index is 10.9. The Balaban J connectivity index is 2.32. The Morgan fingerprint density at radius 2 is 1.95 bits per heavy atom. The molecule has 0 atom stereocenters. The number of benzene rings is 1. The molecule has 0 spiro atoms. The molecule has 0 bridgehead atoms. The van der Waals surface area contributed by atoms with Crippen LogP contribution in [0.5, 0.6) is 0 Å². The lowest BCUT2D eigenvalue weighted by Gasteiger charge is -2.22. The largest absolute Gasteiger partial charge is 0.393 e. The number of amides is 1. The number of anilines is 1. The van der Waals surface area contributed by atoms with Gasteiger partial charge in [-0.15, -0.1) is 0 Å². The van der Waals surface area contributed by atoms with Gasteiger partial charge in [-0.3, -0.25) is 4.79 Å². The number of aryl methyl sites for hydroxylation is 1. The first-order valence-corrected chi connectivity index (χ1v) is 6.54. The molecule has 0 saturated carbocycles. The summed E-state index contributed by atoms with van der Waals surface area (Å²) in [6.45, 7) is 5.89. The number of nitrogens with one attached hydrogen (secondary N) is 1. The molecule has 2 N–H and O–H groups in total. The van der Waals surface area contributed by atoms with Gasteiger partial charge in [0, 0.05) is 19.2 Å². The van der Waals surface area contributed by atoms with Crippen LogP contribution in [0.3, 0.4) is 0 Å². The average molecular weight is 265 g/mol. The second-order valence-corrected chi connectivity index (χ2v) is 5.25. The van der Waals surface area contributed by atoms with Crippen LogP contribution in [-0.4, -0.2) is 29.8 Å². The quantitative estimate of drug-likeness (QED) is 0.744. The second kappa shape index (κ2) is 7.26. The van der Waals surface area contributed by atoms with E-state index in [-0.39, 0.29) is 12.5 Å². The Hall–Kier alpha value is -1.39. The molecule has 4 heteroatoms. The average Bonchev–Trinajstić information content (AvgIpc) is 2.36. The Bertz CT molecular complexity index is 398. The lowest BCUT2D eigenvalue weighted by Crippen LogP contribution is -2.29. The third kappa shape index (κ3) is 6.36. The molecule has 19 heavy (non-hydrogen) atoms. The molecule has 0 aromatic heterocycles. The van der Waals surface area contributed by atoms with Crippen LogP contribution >= 0.6 is 0 Å². The summed E-state index contributed by atoms with van der Waals surface area (Å²) in [7, 11) is 0. The van der Waals surface area contributed by atoms with Crippen molar-refractivity contribution in [1.82, 2.24) is 0 Å². The van der Waals surface area contributed by atoms with Crippen LogP contribution in [0.1, 0.15) is 32.8 Å². The van der Waals surface area contributed by atoms with Gasteiger partial charge in [0.15, 0.2) is 0 Å². The first kappa shape index (κ1) is 15.7. The zero-order valence-corrected chi connectivity index (χ0v) is 11.9. The first-order chi connectivity index (χ1) is 8.93. The van der Waals surface area contributed by atoms with Crippen LogP contribution in [0.25, 0.3) is 0 Å². The number of rotatable bonds is 7. The summed E-state index contributed by atoms with van der Waals surface area (Å²) in [6.07, 6.45) is 1.82. The number of hydrogen-bond acceptors (Lipinski definition) is 3. The third-order valence-corrected chi connectivity index (χ3v) is 2.76. The van der Waals surface area contributed by atoms with Crippen LogP contribution in [0.15, 0.2) is 24.3 Å². The fourth-order valence-electron chi connectivity index (χ4n) is 1.63. The van der Waals surface area contributed by atoms with Crippen molar-refractivity contribution in [2.75, 3.05) is 18.5 Å². The molecule has 0 aliphatic heterocycles. The molecule has 0 heterocycles. The van der Waals surface area contributed by atoms with Crippen molar-refractivity contribution in [3.63, 3.8) is 0 Å². The molecule has 0 aliphatic rings. The highest BCUT2D eigenvalue weighted by Crippen LogP contribution is 2.12. The summed E-state index contributed by atoms with van der Waals surface area (Å²) >= 11 is 0. The highest BCUT2D eigenvalue weighted by atomic mass is 16.5. The Morgan fingerprint density at radius 1 is 1.32 bits per heavy atom. The number of aliphatic hydroxyl groups is 1. The van der Waals surface area contributed by atoms with Gasteiger partial charge >= 0.3 is 0 Å². The number of ether oxygens (including phenoxy) is 1. The van der Waals surface area contributed by atoms with E-state index in [0.29, 0.717) is 6.61 Å². The van der Waals surface area contributed by atoms with Gasteiger partial charge < -0.3 is 15.2 Å². The fourth-order valence-corrected chi connectivity index (χ4v) is 1.63. The van der Waals surface area contributed by atoms with Gasteiger partial charge in [0.05, 0.1) is 12.2 Å². The minimum Gasteiger partial charge on any atom is -0.393 e. The van der Waals surface area contributed by atoms with E-state index in [1.807, 2.05) is 38.1 Å². The van der Waals surface area contributed by atoms with Crippen molar-refractivity contribution in [2.24, 2.45) is 0 Å². The van der Waals surface area contributed by atoms with Crippen LogP contribution in [0, 0.1) is 0 Å². The molecule has 1 aromatic carbocycles. The van der Waals surface area contributed by atoms with E-state index in [9.17, 15) is 4.79 Å². The van der Waals surface area contributed by atoms with Crippen molar-refractivity contribution >= 4 is 11.6 Å². The molecule has 106 valence electrons. The SMILES string of the molecule is CC(=O)Nc1ccc(CCCOC(C)(C)CO)cc1. The van der Waals surface area contributed by atoms with Crippen molar-refractivity contribution < 1.29 is 14.6 Å². The fraction of sp³-hybridized carbons (Fsp3) is 0.533. The molecule has 1 rings (SSSR count). The highest BCUT2D eigenvalue weighted by Gasteiger charge is 2.15. The van der Waals surface area contributed by atoms with E-state index >= 15 is 0 Å². The zero-order chi connectivity index (χ0) is 14.3. The normalized spacial score (nSPS) is 11.4. The Labute approximate surface area is 114 Å². The maximum absolute atomic E-state index is 10.9. The molecule has 0 saturated heterocycles. The van der Waals surface area contributed by atoms with Crippen LogP contribution in [0.2, 0.25) is 0 Å². The summed E-state index contributed by atoms with van der Waals surface area (Å²) in [4.78, 5) is 10.9. The summed E-state index contributed by atoms with van der Waals surface area (Å²) in [5, 5.41) is 11.8. The molecule has 0 radical (unpaired) electrons. The summed E-state index contributed by atoms with van der Waals surface area (Å²) < 4.78 is 5.57. The summed E-state index contributed by atoms with van der Waals surface area (Å²) in [5.74, 6) is -0.0626. The monoisotopic (exact) mass is 265 g/mol. The van der Waals surface area contributed by atoms with Crippen molar-refractivity contribution in [2.45, 2.75) is 39.2 Å². The molecule has 0 aliphatic carbocycles. The topological polar surface area (TPSA) is 58.6 Å². The summed E-state index contributed by atoms with van der Waals surface area (Å²) in [5.41, 5.74) is 1.56. The molecular formula is C15H23NO3. The number of hydrogen-bond donors (Lipinski definition) is 2. The number of carbonyl (C=O) groups is 1. The Kier molecular flexibility index (Phi) is 5.99. The van der Waals surface area contributed by atoms with Gasteiger partial charge in [-0.25, -0.2) is 0 Å². The number of aliphatic hydroxyl groups excluding tert-OH is 1. The minimum atomic E-state index is -0.463. The van der Waals surface area contributed by atoms with Crippen LogP contribution in [-0.2, 0) is 16.0 Å². The highest BCUT2D eigenvalue weighted by molar-refractivity contribution is 5.88. The van der Waals surface area contributed by atoms with E-state index in [0.717, 1.165) is 18.5 Å². The van der Waals surface area contributed by atoms with Crippen LogP contribution < -0.4 is 5.32 Å². The van der Waals surface area contributed by atoms with Crippen LogP contribution in [0.4, 0.5) is 5.69 Å². The predicted molar refractivity (Wildman–Crippen MR) is 76.2 cm³/mol. The van der Waals surface area contributed by atoms with Gasteiger partial charge in [0.2, 0.25) is 5.91 Å². The predicted octanol–water partition coefficient (Wildman–Crippen LogP) is 2.37. The van der Waals surface area contributed by atoms with Crippen molar-refractivity contribution in [3.8, 4) is 0 Å². The number of carbonyl (C=O) groups excluding carboxylic acids is 1. The first-order valence-electron chi connectivity index (χ1n) is 6.54. The smallest absolute Gasteiger partial charge is 0.221 e. The second-order valence-electron chi connectivity index (χ2n) is 5.25. The Morgan fingerprint density at radius 3 is 2.47 bits per heavy atom. The molecular weight excluding hydrogens is 242 g/mol. The van der Waals surface area contributed by atoms with E-state index in [2.05, 4.69) is 5.32 Å². The van der Waals surface area contributed by atoms with E-state index in [1.165, 1.54) is 12.5 Å². The lowest BCUT2D eigenvalue weighted by atomic mass is 10.1. The molecule has 0 fully saturated rings. The van der Waals surface area contributed by atoms with Gasteiger partial charge in [-0.2, -0.15) is 0 Å². The van der Waals surface area contributed by atoms with Gasteiger partial charge in [-0.1, -0.05) is 12.1 Å². The molecule has 4 nitrogen and oxygen atoms in total.